The molecule has 2 aliphatic rings. The molecule has 0 spiro atoms. The number of morpholine rings is 1. The second-order valence-electron chi connectivity index (χ2n) is 4.49. The Morgan fingerprint density at radius 2 is 2.19 bits per heavy atom. The van der Waals surface area contributed by atoms with E-state index < -0.39 is 6.04 Å². The van der Waals surface area contributed by atoms with Crippen LogP contribution >= 0.6 is 12.4 Å². The Hall–Kier alpha value is -0.360. The summed E-state index contributed by atoms with van der Waals surface area (Å²) >= 11 is 0. The van der Waals surface area contributed by atoms with E-state index in [0.29, 0.717) is 12.6 Å². The minimum absolute atomic E-state index is 0. The number of rotatable bonds is 1. The fraction of sp³-hybridized carbons (Fsp3) is 0.900. The number of nitrogens with zero attached hydrogens (tertiary/aromatic N) is 2. The lowest BCUT2D eigenvalue weighted by atomic mass is 10.1. The fourth-order valence-electron chi connectivity index (χ4n) is 2.33. The van der Waals surface area contributed by atoms with Crippen LogP contribution in [0.5, 0.6) is 0 Å². The first-order valence-electron chi connectivity index (χ1n) is 5.46. The van der Waals surface area contributed by atoms with Crippen LogP contribution in [0.3, 0.4) is 0 Å². The molecule has 16 heavy (non-hydrogen) atoms. The smallest absolute Gasteiger partial charge is 0.239 e. The molecule has 3 unspecified atom stereocenters. The largest absolute Gasteiger partial charge is 0.373 e. The van der Waals surface area contributed by atoms with Crippen molar-refractivity contribution in [3.05, 3.63) is 0 Å². The number of amides is 1. The number of hydrogen-bond acceptors (Lipinski definition) is 4. The lowest BCUT2D eigenvalue weighted by Gasteiger charge is -2.33. The van der Waals surface area contributed by atoms with Gasteiger partial charge in [0.25, 0.3) is 0 Å². The highest BCUT2D eigenvalue weighted by molar-refractivity contribution is 5.85. The molecule has 0 aromatic rings. The summed E-state index contributed by atoms with van der Waals surface area (Å²) in [6.07, 6.45) is 0.173. The van der Waals surface area contributed by atoms with Crippen molar-refractivity contribution in [3.8, 4) is 0 Å². The molecule has 1 amide bonds. The lowest BCUT2D eigenvalue weighted by Crippen LogP contribution is -2.48. The van der Waals surface area contributed by atoms with Gasteiger partial charge >= 0.3 is 0 Å². The monoisotopic (exact) mass is 249 g/mol. The second-order valence-corrected chi connectivity index (χ2v) is 4.49. The van der Waals surface area contributed by atoms with E-state index in [9.17, 15) is 4.79 Å². The molecule has 0 aromatic carbocycles. The zero-order valence-corrected chi connectivity index (χ0v) is 10.6. The van der Waals surface area contributed by atoms with Gasteiger partial charge in [-0.2, -0.15) is 0 Å². The molecular formula is C10H20ClN3O2. The third-order valence-electron chi connectivity index (χ3n) is 3.28. The number of fused-ring (bicyclic) bond motifs is 1. The van der Waals surface area contributed by atoms with E-state index in [4.69, 9.17) is 10.5 Å². The molecule has 2 N–H and O–H groups in total. The highest BCUT2D eigenvalue weighted by Crippen LogP contribution is 2.21. The number of hydrogen-bond donors (Lipinski definition) is 1. The van der Waals surface area contributed by atoms with Gasteiger partial charge in [0.15, 0.2) is 0 Å². The fourth-order valence-corrected chi connectivity index (χ4v) is 2.33. The van der Waals surface area contributed by atoms with Crippen molar-refractivity contribution in [3.63, 3.8) is 0 Å². The van der Waals surface area contributed by atoms with Gasteiger partial charge in [-0.1, -0.05) is 0 Å². The maximum Gasteiger partial charge on any atom is 0.239 e. The van der Waals surface area contributed by atoms with Crippen molar-refractivity contribution in [1.29, 1.82) is 0 Å². The maximum absolute atomic E-state index is 11.7. The van der Waals surface area contributed by atoms with Crippen LogP contribution in [0, 0.1) is 0 Å². The highest BCUT2D eigenvalue weighted by Gasteiger charge is 2.40. The predicted molar refractivity (Wildman–Crippen MR) is 63.6 cm³/mol. The summed E-state index contributed by atoms with van der Waals surface area (Å²) in [6.45, 7) is 4.88. The minimum Gasteiger partial charge on any atom is -0.373 e. The van der Waals surface area contributed by atoms with Crippen molar-refractivity contribution in [2.75, 3.05) is 33.3 Å². The van der Waals surface area contributed by atoms with Crippen molar-refractivity contribution in [2.24, 2.45) is 5.73 Å². The average molecular weight is 250 g/mol. The molecular weight excluding hydrogens is 230 g/mol. The number of carbonyl (C=O) groups is 1. The van der Waals surface area contributed by atoms with Gasteiger partial charge in [-0.05, 0) is 14.0 Å². The Kier molecular flexibility index (Phi) is 4.55. The summed E-state index contributed by atoms with van der Waals surface area (Å²) in [5.74, 6) is 0.0291. The molecule has 0 aromatic heterocycles. The molecule has 0 bridgehead atoms. The molecule has 2 heterocycles. The van der Waals surface area contributed by atoms with Crippen molar-refractivity contribution < 1.29 is 9.53 Å². The molecule has 0 saturated carbocycles. The zero-order valence-electron chi connectivity index (χ0n) is 9.76. The van der Waals surface area contributed by atoms with Crippen LogP contribution in [0.25, 0.3) is 0 Å². The SMILES string of the molecule is CC(N)C(=O)N1CC2OCCN(C)C2C1.Cl. The lowest BCUT2D eigenvalue weighted by molar-refractivity contribution is -0.131. The van der Waals surface area contributed by atoms with Crippen molar-refractivity contribution >= 4 is 18.3 Å². The topological polar surface area (TPSA) is 58.8 Å². The summed E-state index contributed by atoms with van der Waals surface area (Å²) in [5.41, 5.74) is 5.59. The molecule has 2 saturated heterocycles. The van der Waals surface area contributed by atoms with Crippen LogP contribution in [0.15, 0.2) is 0 Å². The van der Waals surface area contributed by atoms with Crippen LogP contribution in [0.1, 0.15) is 6.92 Å². The van der Waals surface area contributed by atoms with Crippen LogP contribution < -0.4 is 5.73 Å². The Bertz CT molecular complexity index is 262. The molecule has 6 heteroatoms. The van der Waals surface area contributed by atoms with Crippen LogP contribution in [0.4, 0.5) is 0 Å². The molecule has 2 rings (SSSR count). The van der Waals surface area contributed by atoms with Gasteiger partial charge in [0.05, 0.1) is 24.8 Å². The van der Waals surface area contributed by atoms with Gasteiger partial charge < -0.3 is 15.4 Å². The van der Waals surface area contributed by atoms with Gasteiger partial charge in [0.2, 0.25) is 5.91 Å². The van der Waals surface area contributed by atoms with E-state index in [-0.39, 0.29) is 24.4 Å². The van der Waals surface area contributed by atoms with E-state index >= 15 is 0 Å². The van der Waals surface area contributed by atoms with Crippen molar-refractivity contribution in [2.45, 2.75) is 25.1 Å². The number of ether oxygens (including phenoxy) is 1. The minimum atomic E-state index is -0.407. The first kappa shape index (κ1) is 13.7. The standard InChI is InChI=1S/C10H19N3O2.ClH/c1-7(11)10(14)13-5-8-9(6-13)15-4-3-12(8)2;/h7-9H,3-6,11H2,1-2H3;1H. The Balaban J connectivity index is 0.00000128. The molecule has 2 aliphatic heterocycles. The molecule has 3 atom stereocenters. The third-order valence-corrected chi connectivity index (χ3v) is 3.28. The van der Waals surface area contributed by atoms with E-state index in [1.807, 2.05) is 4.90 Å². The van der Waals surface area contributed by atoms with E-state index in [0.717, 1.165) is 19.7 Å². The Morgan fingerprint density at radius 3 is 2.75 bits per heavy atom. The third kappa shape index (κ3) is 2.48. The zero-order chi connectivity index (χ0) is 11.0. The number of nitrogens with two attached hydrogens (primary N) is 1. The molecule has 2 fully saturated rings. The first-order chi connectivity index (χ1) is 7.09. The van der Waals surface area contributed by atoms with E-state index in [1.165, 1.54) is 0 Å². The second kappa shape index (κ2) is 5.31. The number of carbonyl (C=O) groups excluding carboxylic acids is 1. The number of likely N-dealkylation sites (N-methyl/N-ethyl adjacent to an activating group) is 1. The average Bonchev–Trinajstić information content (AvgIpc) is 2.61. The van der Waals surface area contributed by atoms with Crippen molar-refractivity contribution in [1.82, 2.24) is 9.80 Å². The summed E-state index contributed by atoms with van der Waals surface area (Å²) < 4.78 is 5.66. The maximum atomic E-state index is 11.7. The Morgan fingerprint density at radius 1 is 1.50 bits per heavy atom. The molecule has 94 valence electrons. The van der Waals surface area contributed by atoms with E-state index in [2.05, 4.69) is 11.9 Å². The molecule has 0 aliphatic carbocycles. The van der Waals surface area contributed by atoms with E-state index in [1.54, 1.807) is 6.92 Å². The van der Waals surface area contributed by atoms with Gasteiger partial charge in [0, 0.05) is 19.6 Å². The summed E-state index contributed by atoms with van der Waals surface area (Å²) in [7, 11) is 2.08. The quantitative estimate of drug-likeness (QED) is 0.668. The summed E-state index contributed by atoms with van der Waals surface area (Å²) in [6, 6.07) is -0.0584. The normalized spacial score (nSPS) is 31.8. The van der Waals surface area contributed by atoms with Gasteiger partial charge in [-0.15, -0.1) is 12.4 Å². The summed E-state index contributed by atoms with van der Waals surface area (Å²) in [4.78, 5) is 15.8. The van der Waals surface area contributed by atoms with Crippen LogP contribution in [-0.4, -0.2) is 67.2 Å². The predicted octanol–water partition coefficient (Wildman–Crippen LogP) is -0.703. The first-order valence-corrected chi connectivity index (χ1v) is 5.46. The molecule has 5 nitrogen and oxygen atoms in total. The van der Waals surface area contributed by atoms with Crippen LogP contribution in [0.2, 0.25) is 0 Å². The van der Waals surface area contributed by atoms with Gasteiger partial charge in [0.1, 0.15) is 0 Å². The number of likely N-dealkylation sites (tertiary alicyclic amines) is 1. The van der Waals surface area contributed by atoms with Gasteiger partial charge in [-0.25, -0.2) is 0 Å². The van der Waals surface area contributed by atoms with Gasteiger partial charge in [-0.3, -0.25) is 9.69 Å². The summed E-state index contributed by atoms with van der Waals surface area (Å²) in [5, 5.41) is 0. The van der Waals surface area contributed by atoms with Crippen LogP contribution in [-0.2, 0) is 9.53 Å². The highest BCUT2D eigenvalue weighted by atomic mass is 35.5. The molecule has 0 radical (unpaired) electrons. The number of halogens is 1. The Labute approximate surface area is 102 Å².